The molecule has 1 aliphatic rings. The number of thiazole rings is 1. The predicted molar refractivity (Wildman–Crippen MR) is 103 cm³/mol. The molecule has 0 spiro atoms. The minimum absolute atomic E-state index is 0.152. The quantitative estimate of drug-likeness (QED) is 0.519. The van der Waals surface area contributed by atoms with E-state index in [2.05, 4.69) is 25.1 Å². The van der Waals surface area contributed by atoms with Crippen LogP contribution >= 0.6 is 11.3 Å². The molecule has 0 saturated carbocycles. The van der Waals surface area contributed by atoms with Crippen molar-refractivity contribution in [3.05, 3.63) is 56.7 Å². The third kappa shape index (κ3) is 3.25. The van der Waals surface area contributed by atoms with Gasteiger partial charge >= 0.3 is 5.69 Å². The van der Waals surface area contributed by atoms with Gasteiger partial charge in [0.25, 0.3) is 0 Å². The molecule has 1 aliphatic heterocycles. The van der Waals surface area contributed by atoms with E-state index in [1.807, 2.05) is 19.1 Å². The van der Waals surface area contributed by atoms with Gasteiger partial charge in [0, 0.05) is 44.3 Å². The minimum atomic E-state index is -0.288. The number of aryl methyl sites for hydroxylation is 1. The Labute approximate surface area is 155 Å². The van der Waals surface area contributed by atoms with Crippen molar-refractivity contribution in [3.63, 3.8) is 0 Å². The molecule has 4 rings (SSSR count). The van der Waals surface area contributed by atoms with E-state index in [-0.39, 0.29) is 10.6 Å². The third-order valence-electron chi connectivity index (χ3n) is 4.68. The summed E-state index contributed by atoms with van der Waals surface area (Å²) in [4.78, 5) is 24.6. The van der Waals surface area contributed by atoms with Crippen LogP contribution in [0.5, 0.6) is 0 Å². The number of hydrogen-bond donors (Lipinski definition) is 0. The molecule has 3 heterocycles. The number of hydrogen-bond acceptors (Lipinski definition) is 7. The fourth-order valence-electron chi connectivity index (χ4n) is 3.43. The lowest BCUT2D eigenvalue weighted by Gasteiger charge is -2.35. The number of anilines is 1. The summed E-state index contributed by atoms with van der Waals surface area (Å²) in [7, 11) is 0. The Bertz CT molecular complexity index is 950. The van der Waals surface area contributed by atoms with Gasteiger partial charge in [-0.3, -0.25) is 20.0 Å². The number of piperazine rings is 1. The first kappa shape index (κ1) is 16.9. The van der Waals surface area contributed by atoms with Crippen LogP contribution in [0, 0.1) is 17.0 Å². The molecule has 134 valence electrons. The van der Waals surface area contributed by atoms with Gasteiger partial charge in [0.1, 0.15) is 5.69 Å². The molecule has 0 bridgehead atoms. The highest BCUT2D eigenvalue weighted by atomic mass is 32.1. The Morgan fingerprint density at radius 3 is 2.73 bits per heavy atom. The van der Waals surface area contributed by atoms with E-state index in [4.69, 9.17) is 0 Å². The van der Waals surface area contributed by atoms with Gasteiger partial charge in [0.15, 0.2) is 0 Å². The number of rotatable bonds is 4. The van der Waals surface area contributed by atoms with E-state index in [9.17, 15) is 10.1 Å². The van der Waals surface area contributed by atoms with Gasteiger partial charge in [-0.15, -0.1) is 11.3 Å². The number of nitrogens with zero attached hydrogens (tertiary/aromatic N) is 5. The lowest BCUT2D eigenvalue weighted by Crippen LogP contribution is -2.46. The first-order valence-electron chi connectivity index (χ1n) is 8.52. The molecule has 0 radical (unpaired) electrons. The van der Waals surface area contributed by atoms with Gasteiger partial charge in [0.05, 0.1) is 26.5 Å². The second-order valence-electron chi connectivity index (χ2n) is 6.38. The Hall–Kier alpha value is -2.58. The smallest absolute Gasteiger partial charge is 0.301 e. The second-order valence-corrected chi connectivity index (χ2v) is 7.44. The van der Waals surface area contributed by atoms with E-state index < -0.39 is 0 Å². The normalized spacial score (nSPS) is 15.5. The number of nitro groups is 1. The first-order chi connectivity index (χ1) is 12.6. The van der Waals surface area contributed by atoms with Crippen molar-refractivity contribution in [2.45, 2.75) is 13.5 Å². The highest BCUT2D eigenvalue weighted by Crippen LogP contribution is 2.35. The van der Waals surface area contributed by atoms with Crippen LogP contribution in [0.3, 0.4) is 0 Å². The Morgan fingerprint density at radius 2 is 2.04 bits per heavy atom. The van der Waals surface area contributed by atoms with E-state index >= 15 is 0 Å². The van der Waals surface area contributed by atoms with Crippen LogP contribution in [0.1, 0.15) is 10.7 Å². The maximum absolute atomic E-state index is 11.7. The van der Waals surface area contributed by atoms with Crippen molar-refractivity contribution in [2.24, 2.45) is 0 Å². The van der Waals surface area contributed by atoms with Gasteiger partial charge in [0.2, 0.25) is 0 Å². The van der Waals surface area contributed by atoms with E-state index in [0.717, 1.165) is 43.4 Å². The summed E-state index contributed by atoms with van der Waals surface area (Å²) in [6.45, 7) is 6.09. The number of aromatic nitrogens is 2. The van der Waals surface area contributed by atoms with Crippen LogP contribution < -0.4 is 4.90 Å². The van der Waals surface area contributed by atoms with Gasteiger partial charge < -0.3 is 4.90 Å². The Kier molecular flexibility index (Phi) is 4.52. The average Bonchev–Trinajstić information content (AvgIpc) is 3.06. The van der Waals surface area contributed by atoms with Crippen molar-refractivity contribution in [2.75, 3.05) is 31.1 Å². The fourth-order valence-corrected chi connectivity index (χ4v) is 4.03. The number of pyridine rings is 1. The van der Waals surface area contributed by atoms with E-state index in [0.29, 0.717) is 16.6 Å². The van der Waals surface area contributed by atoms with Gasteiger partial charge in [-0.25, -0.2) is 4.98 Å². The molecular weight excluding hydrogens is 350 g/mol. The third-order valence-corrected chi connectivity index (χ3v) is 5.51. The largest absolute Gasteiger partial charge is 0.363 e. The Balaban J connectivity index is 1.54. The molecular formula is C18H19N5O2S. The summed E-state index contributed by atoms with van der Waals surface area (Å²) >= 11 is 1.67. The zero-order valence-corrected chi connectivity index (χ0v) is 15.3. The molecule has 0 aliphatic carbocycles. The average molecular weight is 369 g/mol. The predicted octanol–water partition coefficient (Wildman–Crippen LogP) is 3.23. The minimum Gasteiger partial charge on any atom is -0.363 e. The van der Waals surface area contributed by atoms with Gasteiger partial charge in [-0.2, -0.15) is 0 Å². The van der Waals surface area contributed by atoms with Crippen molar-refractivity contribution in [3.8, 4) is 0 Å². The fraction of sp³-hybridized carbons (Fsp3) is 0.333. The molecule has 0 amide bonds. The maximum atomic E-state index is 11.7. The van der Waals surface area contributed by atoms with Crippen LogP contribution in [0.25, 0.3) is 10.9 Å². The molecule has 0 unspecified atom stereocenters. The van der Waals surface area contributed by atoms with Crippen LogP contribution in [0.2, 0.25) is 0 Å². The second kappa shape index (κ2) is 6.97. The van der Waals surface area contributed by atoms with Crippen molar-refractivity contribution in [1.29, 1.82) is 0 Å². The highest BCUT2D eigenvalue weighted by molar-refractivity contribution is 7.09. The van der Waals surface area contributed by atoms with Crippen molar-refractivity contribution < 1.29 is 4.92 Å². The highest BCUT2D eigenvalue weighted by Gasteiger charge is 2.26. The monoisotopic (exact) mass is 369 g/mol. The molecule has 1 aromatic carbocycles. The van der Waals surface area contributed by atoms with Crippen molar-refractivity contribution in [1.82, 2.24) is 14.9 Å². The number of benzene rings is 1. The molecule has 8 heteroatoms. The van der Waals surface area contributed by atoms with Crippen LogP contribution in [-0.4, -0.2) is 46.0 Å². The Morgan fingerprint density at radius 1 is 1.23 bits per heavy atom. The lowest BCUT2D eigenvalue weighted by molar-refractivity contribution is -0.382. The standard InChI is InChI=1S/C18H19N5O2S/c1-13-20-14(12-26-13)11-21-7-9-22(10-8-21)17-5-4-16-15(3-2-6-19-16)18(17)23(24)25/h2-6,12H,7-11H2,1H3. The molecule has 1 saturated heterocycles. The molecule has 26 heavy (non-hydrogen) atoms. The number of fused-ring (bicyclic) bond motifs is 1. The van der Waals surface area contributed by atoms with E-state index in [1.54, 1.807) is 29.7 Å². The van der Waals surface area contributed by atoms with Gasteiger partial charge in [-0.05, 0) is 31.2 Å². The summed E-state index contributed by atoms with van der Waals surface area (Å²) in [5.74, 6) is 0. The van der Waals surface area contributed by atoms with Gasteiger partial charge in [-0.1, -0.05) is 0 Å². The molecule has 2 aromatic heterocycles. The summed E-state index contributed by atoms with van der Waals surface area (Å²) in [6.07, 6.45) is 1.66. The molecule has 1 fully saturated rings. The van der Waals surface area contributed by atoms with E-state index in [1.165, 1.54) is 0 Å². The first-order valence-corrected chi connectivity index (χ1v) is 9.40. The lowest BCUT2D eigenvalue weighted by atomic mass is 10.1. The topological polar surface area (TPSA) is 75.4 Å². The van der Waals surface area contributed by atoms with Crippen LogP contribution in [-0.2, 0) is 6.54 Å². The zero-order valence-electron chi connectivity index (χ0n) is 14.5. The summed E-state index contributed by atoms with van der Waals surface area (Å²) in [6, 6.07) is 7.20. The summed E-state index contributed by atoms with van der Waals surface area (Å²) in [5.41, 5.74) is 2.59. The SMILES string of the molecule is Cc1nc(CN2CCN(c3ccc4ncccc4c3[N+](=O)[O-])CC2)cs1. The maximum Gasteiger partial charge on any atom is 0.301 e. The molecule has 3 aromatic rings. The van der Waals surface area contributed by atoms with Crippen molar-refractivity contribution >= 4 is 33.6 Å². The zero-order chi connectivity index (χ0) is 18.1. The summed E-state index contributed by atoms with van der Waals surface area (Å²) in [5, 5.41) is 15.5. The molecule has 0 atom stereocenters. The molecule has 7 nitrogen and oxygen atoms in total. The van der Waals surface area contributed by atoms with Crippen LogP contribution in [0.15, 0.2) is 35.8 Å². The summed E-state index contributed by atoms with van der Waals surface area (Å²) < 4.78 is 0. The van der Waals surface area contributed by atoms with Crippen LogP contribution in [0.4, 0.5) is 11.4 Å². The molecule has 0 N–H and O–H groups in total. The number of nitro benzene ring substituents is 1.